The Morgan fingerprint density at radius 1 is 1.26 bits per heavy atom. The first kappa shape index (κ1) is 13.4. The molecular weight excluding hydrogens is 302 g/mol. The minimum Gasteiger partial charge on any atom is -0.382 e. The molecule has 1 saturated heterocycles. The van der Waals surface area contributed by atoms with Crippen LogP contribution in [0.15, 0.2) is 16.6 Å². The molecule has 1 aromatic carbocycles. The van der Waals surface area contributed by atoms with E-state index in [1.807, 2.05) is 0 Å². The van der Waals surface area contributed by atoms with E-state index < -0.39 is 0 Å². The molecule has 104 valence electrons. The zero-order valence-electron chi connectivity index (χ0n) is 11.8. The predicted octanol–water partition coefficient (Wildman–Crippen LogP) is 4.58. The van der Waals surface area contributed by atoms with Crippen molar-refractivity contribution in [2.45, 2.75) is 57.6 Å². The molecule has 0 bridgehead atoms. The van der Waals surface area contributed by atoms with Gasteiger partial charge in [0.05, 0.1) is 5.60 Å². The van der Waals surface area contributed by atoms with Gasteiger partial charge in [-0.25, -0.2) is 0 Å². The van der Waals surface area contributed by atoms with Crippen molar-refractivity contribution < 1.29 is 4.74 Å². The summed E-state index contributed by atoms with van der Waals surface area (Å²) in [7, 11) is 0. The van der Waals surface area contributed by atoms with Crippen LogP contribution in [0.25, 0.3) is 0 Å². The summed E-state index contributed by atoms with van der Waals surface area (Å²) in [5.41, 5.74) is 4.07. The fraction of sp³-hybridized carbons (Fsp3) is 0.625. The van der Waals surface area contributed by atoms with Crippen LogP contribution >= 0.6 is 15.9 Å². The first-order chi connectivity index (χ1) is 9.08. The Labute approximate surface area is 124 Å². The number of benzene rings is 1. The summed E-state index contributed by atoms with van der Waals surface area (Å²) in [4.78, 5) is 0. The molecule has 1 heterocycles. The minimum absolute atomic E-state index is 0.218. The van der Waals surface area contributed by atoms with Crippen molar-refractivity contribution in [3.63, 3.8) is 0 Å². The molecule has 2 nitrogen and oxygen atoms in total. The van der Waals surface area contributed by atoms with E-state index in [4.69, 9.17) is 4.74 Å². The van der Waals surface area contributed by atoms with E-state index in [0.29, 0.717) is 6.04 Å². The van der Waals surface area contributed by atoms with Crippen molar-refractivity contribution in [3.8, 4) is 0 Å². The van der Waals surface area contributed by atoms with Crippen LogP contribution in [0.2, 0.25) is 0 Å². The Morgan fingerprint density at radius 2 is 1.95 bits per heavy atom. The fourth-order valence-electron chi connectivity index (χ4n) is 3.34. The number of aryl methyl sites for hydroxylation is 2. The van der Waals surface area contributed by atoms with Crippen LogP contribution in [0.5, 0.6) is 0 Å². The van der Waals surface area contributed by atoms with Crippen molar-refractivity contribution in [2.24, 2.45) is 0 Å². The number of anilines is 1. The molecule has 0 aromatic heterocycles. The Balaban J connectivity index is 1.71. The highest BCUT2D eigenvalue weighted by molar-refractivity contribution is 9.10. The molecule has 1 unspecified atom stereocenters. The van der Waals surface area contributed by atoms with Crippen LogP contribution in [-0.4, -0.2) is 18.2 Å². The van der Waals surface area contributed by atoms with Gasteiger partial charge in [-0.3, -0.25) is 0 Å². The van der Waals surface area contributed by atoms with Crippen molar-refractivity contribution in [3.05, 3.63) is 27.7 Å². The third-order valence-electron chi connectivity index (χ3n) is 4.56. The van der Waals surface area contributed by atoms with Gasteiger partial charge < -0.3 is 10.1 Å². The number of hydrogen-bond donors (Lipinski definition) is 1. The summed E-state index contributed by atoms with van der Waals surface area (Å²) in [6.07, 6.45) is 6.13. The van der Waals surface area contributed by atoms with Crippen molar-refractivity contribution in [1.82, 2.24) is 0 Å². The summed E-state index contributed by atoms with van der Waals surface area (Å²) < 4.78 is 7.21. The van der Waals surface area contributed by atoms with Crippen LogP contribution in [0, 0.1) is 13.8 Å². The lowest BCUT2D eigenvalue weighted by atomic mass is 9.74. The van der Waals surface area contributed by atoms with Crippen LogP contribution in [0.1, 0.15) is 43.2 Å². The van der Waals surface area contributed by atoms with Gasteiger partial charge in [-0.2, -0.15) is 0 Å². The van der Waals surface area contributed by atoms with E-state index in [1.54, 1.807) is 0 Å². The summed E-state index contributed by atoms with van der Waals surface area (Å²) in [6, 6.07) is 5.04. The quantitative estimate of drug-likeness (QED) is 0.860. The smallest absolute Gasteiger partial charge is 0.0702 e. The van der Waals surface area contributed by atoms with Crippen LogP contribution in [0.4, 0.5) is 5.69 Å². The lowest BCUT2D eigenvalue weighted by Crippen LogP contribution is -2.49. The standard InChI is InChI=1S/C16H22BrNO/c1-11-8-14(9-12(2)15(11)17)18-13-4-7-19-16(10-13)5-3-6-16/h8-9,13,18H,3-7,10H2,1-2H3. The summed E-state index contributed by atoms with van der Waals surface area (Å²) >= 11 is 3.63. The molecule has 1 aromatic rings. The van der Waals surface area contributed by atoms with Gasteiger partial charge in [0.25, 0.3) is 0 Å². The van der Waals surface area contributed by atoms with Crippen molar-refractivity contribution in [1.29, 1.82) is 0 Å². The summed E-state index contributed by atoms with van der Waals surface area (Å²) in [6.45, 7) is 5.21. The highest BCUT2D eigenvalue weighted by Gasteiger charge is 2.42. The molecule has 1 saturated carbocycles. The van der Waals surface area contributed by atoms with Crippen LogP contribution in [-0.2, 0) is 4.74 Å². The molecule has 3 heteroatoms. The molecule has 19 heavy (non-hydrogen) atoms. The van der Waals surface area contributed by atoms with Crippen molar-refractivity contribution >= 4 is 21.6 Å². The SMILES string of the molecule is Cc1cc(NC2CCOC3(CCC3)C2)cc(C)c1Br. The van der Waals surface area contributed by atoms with Crippen LogP contribution in [0.3, 0.4) is 0 Å². The second-order valence-electron chi connectivity index (χ2n) is 6.14. The van der Waals surface area contributed by atoms with E-state index in [9.17, 15) is 0 Å². The molecule has 1 aliphatic carbocycles. The predicted molar refractivity (Wildman–Crippen MR) is 82.8 cm³/mol. The van der Waals surface area contributed by atoms with Gasteiger partial charge >= 0.3 is 0 Å². The average Bonchev–Trinajstić information content (AvgIpc) is 2.34. The van der Waals surface area contributed by atoms with Crippen molar-refractivity contribution in [2.75, 3.05) is 11.9 Å². The number of rotatable bonds is 2. The van der Waals surface area contributed by atoms with Crippen LogP contribution < -0.4 is 5.32 Å². The summed E-state index contributed by atoms with van der Waals surface area (Å²) in [5, 5.41) is 3.71. The molecule has 0 radical (unpaired) electrons. The molecule has 3 rings (SSSR count). The third kappa shape index (κ3) is 2.68. The number of nitrogens with one attached hydrogen (secondary N) is 1. The lowest BCUT2D eigenvalue weighted by molar-refractivity contribution is -0.130. The van der Waals surface area contributed by atoms with E-state index in [-0.39, 0.29) is 5.60 Å². The van der Waals surface area contributed by atoms with E-state index >= 15 is 0 Å². The molecule has 1 atom stereocenters. The zero-order valence-corrected chi connectivity index (χ0v) is 13.3. The first-order valence-corrected chi connectivity index (χ1v) is 8.05. The van der Waals surface area contributed by atoms with Gasteiger partial charge in [-0.1, -0.05) is 15.9 Å². The van der Waals surface area contributed by atoms with Gasteiger partial charge in [0.1, 0.15) is 0 Å². The van der Waals surface area contributed by atoms with Gasteiger partial charge in [-0.05, 0) is 69.2 Å². The fourth-order valence-corrected chi connectivity index (χ4v) is 3.56. The maximum absolute atomic E-state index is 5.99. The Morgan fingerprint density at radius 3 is 2.53 bits per heavy atom. The normalized spacial score (nSPS) is 25.1. The maximum Gasteiger partial charge on any atom is 0.0702 e. The Kier molecular flexibility index (Phi) is 3.61. The Hall–Kier alpha value is -0.540. The monoisotopic (exact) mass is 323 g/mol. The molecule has 0 amide bonds. The minimum atomic E-state index is 0.218. The number of hydrogen-bond acceptors (Lipinski definition) is 2. The molecular formula is C16H22BrNO. The second kappa shape index (κ2) is 5.10. The lowest BCUT2D eigenvalue weighted by Gasteiger charge is -2.47. The number of halogens is 1. The largest absolute Gasteiger partial charge is 0.382 e. The second-order valence-corrected chi connectivity index (χ2v) is 6.94. The Bertz CT molecular complexity index is 459. The summed E-state index contributed by atoms with van der Waals surface area (Å²) in [5.74, 6) is 0. The first-order valence-electron chi connectivity index (χ1n) is 7.25. The average molecular weight is 324 g/mol. The third-order valence-corrected chi connectivity index (χ3v) is 5.82. The van der Waals surface area contributed by atoms with E-state index in [2.05, 4.69) is 47.2 Å². The topological polar surface area (TPSA) is 21.3 Å². The van der Waals surface area contributed by atoms with Gasteiger partial charge in [0, 0.05) is 22.8 Å². The van der Waals surface area contributed by atoms with Gasteiger partial charge in [-0.15, -0.1) is 0 Å². The number of ether oxygens (including phenoxy) is 1. The molecule has 1 aliphatic heterocycles. The highest BCUT2D eigenvalue weighted by atomic mass is 79.9. The van der Waals surface area contributed by atoms with E-state index in [0.717, 1.165) is 13.0 Å². The molecule has 1 N–H and O–H groups in total. The van der Waals surface area contributed by atoms with Gasteiger partial charge in [0.15, 0.2) is 0 Å². The highest BCUT2D eigenvalue weighted by Crippen LogP contribution is 2.43. The maximum atomic E-state index is 5.99. The van der Waals surface area contributed by atoms with E-state index in [1.165, 1.54) is 47.0 Å². The van der Waals surface area contributed by atoms with Gasteiger partial charge in [0.2, 0.25) is 0 Å². The zero-order chi connectivity index (χ0) is 13.5. The molecule has 2 fully saturated rings. The molecule has 1 spiro atoms. The molecule has 2 aliphatic rings.